The van der Waals surface area contributed by atoms with Gasteiger partial charge in [0, 0.05) is 22.5 Å². The summed E-state index contributed by atoms with van der Waals surface area (Å²) < 4.78 is 21.3. The molecule has 0 fully saturated rings. The van der Waals surface area contributed by atoms with Crippen LogP contribution in [0.4, 0.5) is 4.39 Å². The summed E-state index contributed by atoms with van der Waals surface area (Å²) in [5.41, 5.74) is 1.98. The van der Waals surface area contributed by atoms with Gasteiger partial charge in [-0.15, -0.1) is 0 Å². The lowest BCUT2D eigenvalue weighted by atomic mass is 9.93. The molecule has 0 amide bonds. The molecule has 3 rings (SSSR count). The van der Waals surface area contributed by atoms with Crippen molar-refractivity contribution in [1.82, 2.24) is 5.32 Å². The Morgan fingerprint density at radius 1 is 1.19 bits per heavy atom. The van der Waals surface area contributed by atoms with E-state index in [2.05, 4.69) is 43.2 Å². The van der Waals surface area contributed by atoms with Crippen molar-refractivity contribution in [2.24, 2.45) is 0 Å². The smallest absolute Gasteiger partial charge is 0.137 e. The molecule has 2 nitrogen and oxygen atoms in total. The Hall–Kier alpha value is -0.910. The molecule has 5 heteroatoms. The molecule has 2 atom stereocenters. The second kappa shape index (κ2) is 6.07. The van der Waals surface area contributed by atoms with E-state index in [1.54, 1.807) is 6.07 Å². The minimum atomic E-state index is -0.267. The SMILES string of the molecule is CNC1CC(c2ccc(Br)c(F)c2)Oc2cc(Br)ccc21. The number of rotatable bonds is 2. The summed E-state index contributed by atoms with van der Waals surface area (Å²) >= 11 is 6.64. The van der Waals surface area contributed by atoms with Gasteiger partial charge in [0.1, 0.15) is 17.7 Å². The van der Waals surface area contributed by atoms with Gasteiger partial charge in [-0.25, -0.2) is 4.39 Å². The molecule has 0 bridgehead atoms. The van der Waals surface area contributed by atoms with Gasteiger partial charge >= 0.3 is 0 Å². The monoisotopic (exact) mass is 413 g/mol. The third-order valence-corrected chi connectivity index (χ3v) is 4.87. The maximum atomic E-state index is 13.7. The highest BCUT2D eigenvalue weighted by Gasteiger charge is 2.28. The molecule has 1 aliphatic rings. The molecule has 2 aromatic rings. The standard InChI is InChI=1S/C16H14Br2FNO/c1-20-14-8-15(9-2-5-12(18)13(19)6-9)21-16-7-10(17)3-4-11(14)16/h2-7,14-15,20H,8H2,1H3. The van der Waals surface area contributed by atoms with Crippen LogP contribution in [0.15, 0.2) is 45.3 Å². The van der Waals surface area contributed by atoms with E-state index in [1.807, 2.05) is 25.2 Å². The second-order valence-electron chi connectivity index (χ2n) is 5.04. The first-order valence-corrected chi connectivity index (χ1v) is 8.25. The van der Waals surface area contributed by atoms with Gasteiger partial charge in [-0.1, -0.05) is 28.1 Å². The molecule has 0 aromatic heterocycles. The molecule has 0 aliphatic carbocycles. The van der Waals surface area contributed by atoms with Crippen LogP contribution in [0.3, 0.4) is 0 Å². The second-order valence-corrected chi connectivity index (χ2v) is 6.81. The summed E-state index contributed by atoms with van der Waals surface area (Å²) in [5, 5.41) is 3.31. The molecule has 0 spiro atoms. The zero-order valence-electron chi connectivity index (χ0n) is 11.4. The molecule has 1 N–H and O–H groups in total. The Balaban J connectivity index is 1.97. The van der Waals surface area contributed by atoms with Crippen LogP contribution in [0.5, 0.6) is 5.75 Å². The largest absolute Gasteiger partial charge is 0.485 e. The van der Waals surface area contributed by atoms with Crippen molar-refractivity contribution in [3.05, 3.63) is 62.3 Å². The van der Waals surface area contributed by atoms with Gasteiger partial charge in [-0.3, -0.25) is 0 Å². The fourth-order valence-electron chi connectivity index (χ4n) is 2.63. The number of benzene rings is 2. The molecule has 0 radical (unpaired) electrons. The molecule has 21 heavy (non-hydrogen) atoms. The molecule has 1 aliphatic heterocycles. The average molecular weight is 415 g/mol. The van der Waals surface area contributed by atoms with Crippen molar-refractivity contribution < 1.29 is 9.13 Å². The van der Waals surface area contributed by atoms with E-state index in [0.717, 1.165) is 27.8 Å². The normalized spacial score (nSPS) is 20.8. The van der Waals surface area contributed by atoms with Crippen LogP contribution in [0.2, 0.25) is 0 Å². The van der Waals surface area contributed by atoms with Crippen LogP contribution >= 0.6 is 31.9 Å². The third kappa shape index (κ3) is 3.00. The Labute approximate surface area is 140 Å². The lowest BCUT2D eigenvalue weighted by Crippen LogP contribution is -2.26. The number of fused-ring (bicyclic) bond motifs is 1. The molecule has 1 heterocycles. The van der Waals surface area contributed by atoms with Crippen molar-refractivity contribution in [2.75, 3.05) is 7.05 Å². The Kier molecular flexibility index (Phi) is 4.33. The van der Waals surface area contributed by atoms with Crippen LogP contribution in [0.1, 0.15) is 29.7 Å². The van der Waals surface area contributed by atoms with E-state index in [4.69, 9.17) is 4.74 Å². The average Bonchev–Trinajstić information content (AvgIpc) is 2.48. The molecular formula is C16H14Br2FNO. The highest BCUT2D eigenvalue weighted by molar-refractivity contribution is 9.10. The summed E-state index contributed by atoms with van der Waals surface area (Å²) in [6.07, 6.45) is 0.610. The minimum absolute atomic E-state index is 0.160. The first-order chi connectivity index (χ1) is 10.1. The van der Waals surface area contributed by atoms with Gasteiger partial charge in [0.05, 0.1) is 4.47 Å². The molecule has 2 aromatic carbocycles. The van der Waals surface area contributed by atoms with Gasteiger partial charge in [-0.2, -0.15) is 0 Å². The number of nitrogens with one attached hydrogen (secondary N) is 1. The van der Waals surface area contributed by atoms with E-state index in [0.29, 0.717) is 4.47 Å². The topological polar surface area (TPSA) is 21.3 Å². The van der Waals surface area contributed by atoms with Crippen molar-refractivity contribution in [2.45, 2.75) is 18.6 Å². The van der Waals surface area contributed by atoms with E-state index < -0.39 is 0 Å². The van der Waals surface area contributed by atoms with Gasteiger partial charge in [0.2, 0.25) is 0 Å². The highest BCUT2D eigenvalue weighted by atomic mass is 79.9. The lowest BCUT2D eigenvalue weighted by Gasteiger charge is -2.32. The minimum Gasteiger partial charge on any atom is -0.485 e. The van der Waals surface area contributed by atoms with E-state index in [1.165, 1.54) is 6.07 Å². The maximum Gasteiger partial charge on any atom is 0.137 e. The van der Waals surface area contributed by atoms with Crippen LogP contribution in [0, 0.1) is 5.82 Å². The van der Waals surface area contributed by atoms with Crippen LogP contribution < -0.4 is 10.1 Å². The third-order valence-electron chi connectivity index (χ3n) is 3.73. The van der Waals surface area contributed by atoms with Crippen molar-refractivity contribution >= 4 is 31.9 Å². The maximum absolute atomic E-state index is 13.7. The zero-order chi connectivity index (χ0) is 15.0. The van der Waals surface area contributed by atoms with E-state index in [-0.39, 0.29) is 18.0 Å². The summed E-state index contributed by atoms with van der Waals surface area (Å²) in [4.78, 5) is 0. The molecule has 0 saturated carbocycles. The van der Waals surface area contributed by atoms with Crippen LogP contribution in [-0.2, 0) is 0 Å². The van der Waals surface area contributed by atoms with Crippen molar-refractivity contribution in [1.29, 1.82) is 0 Å². The fraction of sp³-hybridized carbons (Fsp3) is 0.250. The van der Waals surface area contributed by atoms with Crippen molar-refractivity contribution in [3.63, 3.8) is 0 Å². The predicted molar refractivity (Wildman–Crippen MR) is 88.0 cm³/mol. The number of ether oxygens (including phenoxy) is 1. The van der Waals surface area contributed by atoms with Crippen LogP contribution in [0.25, 0.3) is 0 Å². The summed E-state index contributed by atoms with van der Waals surface area (Å²) in [5.74, 6) is 0.570. The first-order valence-electron chi connectivity index (χ1n) is 6.67. The summed E-state index contributed by atoms with van der Waals surface area (Å²) in [6.45, 7) is 0. The van der Waals surface area contributed by atoms with Gasteiger partial charge in [0.25, 0.3) is 0 Å². The molecular weight excluding hydrogens is 401 g/mol. The quantitative estimate of drug-likeness (QED) is 0.734. The fourth-order valence-corrected chi connectivity index (χ4v) is 3.22. The Bertz CT molecular complexity index is 677. The highest BCUT2D eigenvalue weighted by Crippen LogP contribution is 2.42. The molecule has 2 unspecified atom stereocenters. The van der Waals surface area contributed by atoms with Gasteiger partial charge in [-0.05, 0) is 52.8 Å². The summed E-state index contributed by atoms with van der Waals surface area (Å²) in [7, 11) is 1.93. The zero-order valence-corrected chi connectivity index (χ0v) is 14.5. The van der Waals surface area contributed by atoms with E-state index >= 15 is 0 Å². The number of hydrogen-bond acceptors (Lipinski definition) is 2. The predicted octanol–water partition coefficient (Wildman–Crippen LogP) is 5.14. The van der Waals surface area contributed by atoms with Crippen molar-refractivity contribution in [3.8, 4) is 5.75 Å². The number of hydrogen-bond donors (Lipinski definition) is 1. The van der Waals surface area contributed by atoms with E-state index in [9.17, 15) is 4.39 Å². The number of halogens is 3. The molecule has 0 saturated heterocycles. The van der Waals surface area contributed by atoms with Crippen LogP contribution in [-0.4, -0.2) is 7.05 Å². The summed E-state index contributed by atoms with van der Waals surface area (Å²) in [6, 6.07) is 11.4. The van der Waals surface area contributed by atoms with Gasteiger partial charge < -0.3 is 10.1 Å². The lowest BCUT2D eigenvalue weighted by molar-refractivity contribution is 0.153. The molecule has 110 valence electrons. The Morgan fingerprint density at radius 2 is 2.00 bits per heavy atom. The Morgan fingerprint density at radius 3 is 2.71 bits per heavy atom. The van der Waals surface area contributed by atoms with Gasteiger partial charge in [0.15, 0.2) is 0 Å². The first kappa shape index (κ1) is 15.0.